The highest BCUT2D eigenvalue weighted by atomic mass is 15.1. The zero-order valence-corrected chi connectivity index (χ0v) is 10.2. The second-order valence-electron chi connectivity index (χ2n) is 5.35. The molecule has 0 aromatic carbocycles. The molecule has 2 aliphatic heterocycles. The first-order valence-electron chi connectivity index (χ1n) is 6.81. The standard InChI is InChI=1S/C13H26N2/c1-2-12-5-9-15(11-12)10-6-13-3-7-14-8-4-13/h12-14H,2-11H2,1H3. The maximum atomic E-state index is 3.45. The number of nitrogens with one attached hydrogen (secondary N) is 1. The Hall–Kier alpha value is -0.0800. The fourth-order valence-electron chi connectivity index (χ4n) is 2.98. The van der Waals surface area contributed by atoms with Gasteiger partial charge < -0.3 is 10.2 Å². The Labute approximate surface area is 94.4 Å². The summed E-state index contributed by atoms with van der Waals surface area (Å²) >= 11 is 0. The van der Waals surface area contributed by atoms with E-state index in [-0.39, 0.29) is 0 Å². The highest BCUT2D eigenvalue weighted by Crippen LogP contribution is 2.22. The molecule has 2 saturated heterocycles. The molecule has 0 aromatic rings. The van der Waals surface area contributed by atoms with Gasteiger partial charge in [0.15, 0.2) is 0 Å². The van der Waals surface area contributed by atoms with E-state index >= 15 is 0 Å². The molecule has 1 unspecified atom stereocenters. The van der Waals surface area contributed by atoms with Crippen LogP contribution < -0.4 is 5.32 Å². The SMILES string of the molecule is CCC1CCN(CCC2CCNCC2)C1. The van der Waals surface area contributed by atoms with Crippen LogP contribution in [0.25, 0.3) is 0 Å². The van der Waals surface area contributed by atoms with Crippen LogP contribution in [0, 0.1) is 11.8 Å². The Morgan fingerprint density at radius 1 is 1.13 bits per heavy atom. The Morgan fingerprint density at radius 3 is 2.60 bits per heavy atom. The quantitative estimate of drug-likeness (QED) is 0.764. The minimum atomic E-state index is 0.998. The molecule has 0 aliphatic carbocycles. The molecule has 1 atom stereocenters. The van der Waals surface area contributed by atoms with Gasteiger partial charge in [0.05, 0.1) is 0 Å². The molecular weight excluding hydrogens is 184 g/mol. The van der Waals surface area contributed by atoms with Crippen molar-refractivity contribution >= 4 is 0 Å². The minimum Gasteiger partial charge on any atom is -0.317 e. The minimum absolute atomic E-state index is 0.998. The van der Waals surface area contributed by atoms with Gasteiger partial charge in [-0.3, -0.25) is 0 Å². The van der Waals surface area contributed by atoms with Crippen LogP contribution >= 0.6 is 0 Å². The van der Waals surface area contributed by atoms with Gasteiger partial charge in [0.25, 0.3) is 0 Å². The van der Waals surface area contributed by atoms with Crippen LogP contribution in [0.4, 0.5) is 0 Å². The molecular formula is C13H26N2. The molecule has 0 saturated carbocycles. The Kier molecular flexibility index (Phi) is 4.45. The summed E-state index contributed by atoms with van der Waals surface area (Å²) in [7, 11) is 0. The van der Waals surface area contributed by atoms with Crippen LogP contribution in [0.3, 0.4) is 0 Å². The van der Waals surface area contributed by atoms with Gasteiger partial charge in [0, 0.05) is 6.54 Å². The van der Waals surface area contributed by atoms with Gasteiger partial charge in [-0.15, -0.1) is 0 Å². The van der Waals surface area contributed by atoms with E-state index in [1.165, 1.54) is 64.8 Å². The predicted molar refractivity (Wildman–Crippen MR) is 65.0 cm³/mol. The van der Waals surface area contributed by atoms with Gasteiger partial charge in [-0.1, -0.05) is 13.3 Å². The lowest BCUT2D eigenvalue weighted by Crippen LogP contribution is -2.30. The van der Waals surface area contributed by atoms with Crippen LogP contribution in [0.1, 0.15) is 39.0 Å². The molecule has 2 fully saturated rings. The third-order valence-electron chi connectivity index (χ3n) is 4.26. The van der Waals surface area contributed by atoms with E-state index in [2.05, 4.69) is 17.1 Å². The van der Waals surface area contributed by atoms with Crippen molar-refractivity contribution in [1.29, 1.82) is 0 Å². The third-order valence-corrected chi connectivity index (χ3v) is 4.26. The van der Waals surface area contributed by atoms with Gasteiger partial charge in [-0.2, -0.15) is 0 Å². The van der Waals surface area contributed by atoms with E-state index in [0.717, 1.165) is 11.8 Å². The van der Waals surface area contributed by atoms with Gasteiger partial charge in [0.1, 0.15) is 0 Å². The first-order valence-corrected chi connectivity index (χ1v) is 6.81. The number of likely N-dealkylation sites (tertiary alicyclic amines) is 1. The molecule has 88 valence electrons. The maximum absolute atomic E-state index is 3.45. The van der Waals surface area contributed by atoms with Gasteiger partial charge in [0.2, 0.25) is 0 Å². The number of hydrogen-bond acceptors (Lipinski definition) is 2. The second kappa shape index (κ2) is 5.86. The summed E-state index contributed by atoms with van der Waals surface area (Å²) in [5, 5.41) is 3.45. The maximum Gasteiger partial charge on any atom is 0.00100 e. The summed E-state index contributed by atoms with van der Waals surface area (Å²) in [5.74, 6) is 2.00. The largest absolute Gasteiger partial charge is 0.317 e. The highest BCUT2D eigenvalue weighted by molar-refractivity contribution is 4.76. The van der Waals surface area contributed by atoms with Crippen molar-refractivity contribution in [3.63, 3.8) is 0 Å². The second-order valence-corrected chi connectivity index (χ2v) is 5.35. The number of nitrogens with zero attached hydrogens (tertiary/aromatic N) is 1. The van der Waals surface area contributed by atoms with Crippen molar-refractivity contribution in [3.8, 4) is 0 Å². The molecule has 0 spiro atoms. The normalized spacial score (nSPS) is 29.8. The lowest BCUT2D eigenvalue weighted by molar-refractivity contribution is 0.265. The third kappa shape index (κ3) is 3.46. The van der Waals surface area contributed by atoms with Crippen LogP contribution in [0.15, 0.2) is 0 Å². The average molecular weight is 210 g/mol. The lowest BCUT2D eigenvalue weighted by atomic mass is 9.94. The van der Waals surface area contributed by atoms with Crippen molar-refractivity contribution in [1.82, 2.24) is 10.2 Å². The fraction of sp³-hybridized carbons (Fsp3) is 1.00. The molecule has 0 bridgehead atoms. The molecule has 2 heteroatoms. The van der Waals surface area contributed by atoms with E-state index < -0.39 is 0 Å². The number of hydrogen-bond donors (Lipinski definition) is 1. The van der Waals surface area contributed by atoms with Crippen molar-refractivity contribution < 1.29 is 0 Å². The molecule has 1 N–H and O–H groups in total. The van der Waals surface area contributed by atoms with Gasteiger partial charge >= 0.3 is 0 Å². The Balaban J connectivity index is 1.61. The zero-order chi connectivity index (χ0) is 10.5. The van der Waals surface area contributed by atoms with Crippen LogP contribution in [-0.2, 0) is 0 Å². The Bertz CT molecular complexity index is 175. The summed E-state index contributed by atoms with van der Waals surface area (Å²) in [5.41, 5.74) is 0. The molecule has 15 heavy (non-hydrogen) atoms. The van der Waals surface area contributed by atoms with E-state index in [1.807, 2.05) is 0 Å². The number of piperidine rings is 1. The van der Waals surface area contributed by atoms with Crippen molar-refractivity contribution in [2.75, 3.05) is 32.7 Å². The smallest absolute Gasteiger partial charge is 0.00100 e. The summed E-state index contributed by atoms with van der Waals surface area (Å²) in [4.78, 5) is 2.69. The van der Waals surface area contributed by atoms with Gasteiger partial charge in [-0.25, -0.2) is 0 Å². The topological polar surface area (TPSA) is 15.3 Å². The summed E-state index contributed by atoms with van der Waals surface area (Å²) < 4.78 is 0. The van der Waals surface area contributed by atoms with Crippen molar-refractivity contribution in [3.05, 3.63) is 0 Å². The van der Waals surface area contributed by atoms with Crippen LogP contribution in [0.5, 0.6) is 0 Å². The van der Waals surface area contributed by atoms with Crippen LogP contribution in [0.2, 0.25) is 0 Å². The summed E-state index contributed by atoms with van der Waals surface area (Å²) in [6, 6.07) is 0. The molecule has 2 heterocycles. The van der Waals surface area contributed by atoms with E-state index in [0.29, 0.717) is 0 Å². The average Bonchev–Trinajstić information content (AvgIpc) is 2.76. The van der Waals surface area contributed by atoms with Crippen LogP contribution in [-0.4, -0.2) is 37.6 Å². The van der Waals surface area contributed by atoms with E-state index in [1.54, 1.807) is 0 Å². The van der Waals surface area contributed by atoms with Crippen molar-refractivity contribution in [2.45, 2.75) is 39.0 Å². The zero-order valence-electron chi connectivity index (χ0n) is 10.2. The van der Waals surface area contributed by atoms with Gasteiger partial charge in [-0.05, 0) is 63.7 Å². The molecule has 0 amide bonds. The summed E-state index contributed by atoms with van der Waals surface area (Å²) in [6.45, 7) is 8.94. The fourth-order valence-corrected chi connectivity index (χ4v) is 2.98. The first-order chi connectivity index (χ1) is 7.38. The monoisotopic (exact) mass is 210 g/mol. The molecule has 0 radical (unpaired) electrons. The van der Waals surface area contributed by atoms with E-state index in [4.69, 9.17) is 0 Å². The molecule has 2 aliphatic rings. The lowest BCUT2D eigenvalue weighted by Gasteiger charge is -2.25. The molecule has 0 aromatic heterocycles. The first kappa shape index (κ1) is 11.4. The highest BCUT2D eigenvalue weighted by Gasteiger charge is 2.21. The number of rotatable bonds is 4. The van der Waals surface area contributed by atoms with Crippen molar-refractivity contribution in [2.24, 2.45) is 11.8 Å². The van der Waals surface area contributed by atoms with E-state index in [9.17, 15) is 0 Å². The molecule has 2 rings (SSSR count). The summed E-state index contributed by atoms with van der Waals surface area (Å²) in [6.07, 6.45) is 7.08. The Morgan fingerprint density at radius 2 is 1.93 bits per heavy atom. The predicted octanol–water partition coefficient (Wildman–Crippen LogP) is 2.11. The molecule has 2 nitrogen and oxygen atoms in total.